The topological polar surface area (TPSA) is 90.9 Å². The third kappa shape index (κ3) is 4.28. The van der Waals surface area contributed by atoms with E-state index in [1.165, 1.54) is 30.7 Å². The first kappa shape index (κ1) is 19.3. The molecule has 0 saturated carbocycles. The molecule has 3 rings (SSSR count). The SMILES string of the molecule is COc1ccc(S(=O)(=O)N2CCCC(Oc3ncc(F)cn3)C2)cc1OC. The lowest BCUT2D eigenvalue weighted by atomic mass is 10.1. The van der Waals surface area contributed by atoms with Crippen LogP contribution < -0.4 is 14.2 Å². The third-order valence-corrected chi connectivity index (χ3v) is 6.06. The molecule has 0 spiro atoms. The van der Waals surface area contributed by atoms with Crippen LogP contribution in [0.15, 0.2) is 35.5 Å². The molecule has 2 heterocycles. The predicted octanol–water partition coefficient (Wildman–Crippen LogP) is 1.86. The molecule has 2 aromatic rings. The minimum absolute atomic E-state index is 0.0202. The van der Waals surface area contributed by atoms with Crippen LogP contribution >= 0.6 is 0 Å². The molecule has 0 radical (unpaired) electrons. The first-order valence-corrected chi connectivity index (χ1v) is 9.74. The number of piperidine rings is 1. The molecular formula is C17H20FN3O5S. The average molecular weight is 397 g/mol. The fourth-order valence-corrected chi connectivity index (χ4v) is 4.38. The number of methoxy groups -OCH3 is 2. The number of rotatable bonds is 6. The average Bonchev–Trinajstić information content (AvgIpc) is 2.69. The summed E-state index contributed by atoms with van der Waals surface area (Å²) in [6.45, 7) is 0.526. The monoisotopic (exact) mass is 397 g/mol. The van der Waals surface area contributed by atoms with Gasteiger partial charge in [-0.15, -0.1) is 0 Å². The Hall–Kier alpha value is -2.46. The molecule has 27 heavy (non-hydrogen) atoms. The van der Waals surface area contributed by atoms with Gasteiger partial charge in [0.1, 0.15) is 6.10 Å². The van der Waals surface area contributed by atoms with Crippen LogP contribution in [-0.4, -0.2) is 56.1 Å². The first-order chi connectivity index (χ1) is 12.9. The zero-order valence-electron chi connectivity index (χ0n) is 15.0. The minimum atomic E-state index is -3.73. The lowest BCUT2D eigenvalue weighted by Crippen LogP contribution is -2.44. The summed E-state index contributed by atoms with van der Waals surface area (Å²) < 4.78 is 56.2. The third-order valence-electron chi connectivity index (χ3n) is 4.20. The Labute approximate surface area is 157 Å². The van der Waals surface area contributed by atoms with Crippen LogP contribution in [0.4, 0.5) is 4.39 Å². The van der Waals surface area contributed by atoms with Gasteiger partial charge >= 0.3 is 6.01 Å². The summed E-state index contributed by atoms with van der Waals surface area (Å²) >= 11 is 0. The smallest absolute Gasteiger partial charge is 0.316 e. The Morgan fingerprint density at radius 1 is 1.15 bits per heavy atom. The first-order valence-electron chi connectivity index (χ1n) is 8.30. The molecule has 8 nitrogen and oxygen atoms in total. The molecule has 0 N–H and O–H groups in total. The van der Waals surface area contributed by atoms with Crippen molar-refractivity contribution in [3.05, 3.63) is 36.4 Å². The summed E-state index contributed by atoms with van der Waals surface area (Å²) in [4.78, 5) is 7.62. The van der Waals surface area contributed by atoms with E-state index in [2.05, 4.69) is 9.97 Å². The highest BCUT2D eigenvalue weighted by Crippen LogP contribution is 2.31. The van der Waals surface area contributed by atoms with Crippen molar-refractivity contribution < 1.29 is 27.0 Å². The Kier molecular flexibility index (Phi) is 5.76. The maximum Gasteiger partial charge on any atom is 0.316 e. The number of aromatic nitrogens is 2. The quantitative estimate of drug-likeness (QED) is 0.735. The number of ether oxygens (including phenoxy) is 3. The second-order valence-electron chi connectivity index (χ2n) is 5.95. The molecule has 10 heteroatoms. The molecule has 0 bridgehead atoms. The van der Waals surface area contributed by atoms with E-state index >= 15 is 0 Å². The Morgan fingerprint density at radius 3 is 2.52 bits per heavy atom. The number of nitrogens with zero attached hydrogens (tertiary/aromatic N) is 3. The normalized spacial score (nSPS) is 18.1. The molecule has 1 unspecified atom stereocenters. The summed E-state index contributed by atoms with van der Waals surface area (Å²) in [7, 11) is -0.806. The zero-order valence-corrected chi connectivity index (χ0v) is 15.8. The van der Waals surface area contributed by atoms with Crippen LogP contribution in [0.2, 0.25) is 0 Å². The summed E-state index contributed by atoms with van der Waals surface area (Å²) in [5.74, 6) is 0.219. The molecular weight excluding hydrogens is 377 g/mol. The van der Waals surface area contributed by atoms with E-state index < -0.39 is 21.9 Å². The molecule has 1 atom stereocenters. The summed E-state index contributed by atoms with van der Waals surface area (Å²) in [6.07, 6.45) is 2.86. The van der Waals surface area contributed by atoms with Gasteiger partial charge < -0.3 is 14.2 Å². The molecule has 1 aromatic heterocycles. The van der Waals surface area contributed by atoms with E-state index in [-0.39, 0.29) is 17.5 Å². The van der Waals surface area contributed by atoms with E-state index in [4.69, 9.17) is 14.2 Å². The molecule has 1 fully saturated rings. The van der Waals surface area contributed by atoms with Crippen molar-refractivity contribution >= 4 is 10.0 Å². The van der Waals surface area contributed by atoms with Crippen LogP contribution in [-0.2, 0) is 10.0 Å². The molecule has 1 aliphatic rings. The van der Waals surface area contributed by atoms with Crippen LogP contribution in [0.3, 0.4) is 0 Å². The highest BCUT2D eigenvalue weighted by atomic mass is 32.2. The summed E-state index contributed by atoms with van der Waals surface area (Å²) in [5, 5.41) is 0. The standard InChI is InChI=1S/C17H20FN3O5S/c1-24-15-6-5-14(8-16(15)25-2)27(22,23)21-7-3-4-13(11-21)26-17-19-9-12(18)10-20-17/h5-6,8-10,13H,3-4,7,11H2,1-2H3. The maximum absolute atomic E-state index is 13.0. The van der Waals surface area contributed by atoms with Crippen molar-refractivity contribution in [3.63, 3.8) is 0 Å². The minimum Gasteiger partial charge on any atom is -0.493 e. The number of benzene rings is 1. The fourth-order valence-electron chi connectivity index (χ4n) is 2.86. The number of hydrogen-bond donors (Lipinski definition) is 0. The molecule has 146 valence electrons. The molecule has 1 aliphatic heterocycles. The number of halogens is 1. The molecule has 1 aromatic carbocycles. The Balaban J connectivity index is 1.77. The second kappa shape index (κ2) is 8.05. The van der Waals surface area contributed by atoms with E-state index in [9.17, 15) is 12.8 Å². The van der Waals surface area contributed by atoms with Gasteiger partial charge in [0.25, 0.3) is 0 Å². The van der Waals surface area contributed by atoms with Crippen molar-refractivity contribution in [1.82, 2.24) is 14.3 Å². The highest BCUT2D eigenvalue weighted by molar-refractivity contribution is 7.89. The van der Waals surface area contributed by atoms with Crippen molar-refractivity contribution in [3.8, 4) is 17.5 Å². The van der Waals surface area contributed by atoms with Crippen molar-refractivity contribution in [2.75, 3.05) is 27.3 Å². The highest BCUT2D eigenvalue weighted by Gasteiger charge is 2.32. The van der Waals surface area contributed by atoms with Gasteiger partial charge in [-0.25, -0.2) is 22.8 Å². The molecule has 0 aliphatic carbocycles. The van der Waals surface area contributed by atoms with E-state index in [0.29, 0.717) is 30.9 Å². The summed E-state index contributed by atoms with van der Waals surface area (Å²) in [5.41, 5.74) is 0. The van der Waals surface area contributed by atoms with Gasteiger partial charge in [0.2, 0.25) is 10.0 Å². The van der Waals surface area contributed by atoms with E-state index in [1.807, 2.05) is 0 Å². The van der Waals surface area contributed by atoms with Crippen molar-refractivity contribution in [1.29, 1.82) is 0 Å². The fraction of sp³-hybridized carbons (Fsp3) is 0.412. The maximum atomic E-state index is 13.0. The van der Waals surface area contributed by atoms with Gasteiger partial charge in [-0.1, -0.05) is 0 Å². The summed E-state index contributed by atoms with van der Waals surface area (Å²) in [6, 6.07) is 4.48. The van der Waals surface area contributed by atoms with Crippen LogP contribution in [0, 0.1) is 5.82 Å². The number of sulfonamides is 1. The van der Waals surface area contributed by atoms with E-state index in [0.717, 1.165) is 12.4 Å². The molecule has 1 saturated heterocycles. The Morgan fingerprint density at radius 2 is 1.85 bits per heavy atom. The lowest BCUT2D eigenvalue weighted by Gasteiger charge is -2.31. The molecule has 0 amide bonds. The van der Waals surface area contributed by atoms with Gasteiger partial charge in [0.15, 0.2) is 17.3 Å². The zero-order chi connectivity index (χ0) is 19.4. The Bertz CT molecular complexity index is 892. The van der Waals surface area contributed by atoms with E-state index in [1.54, 1.807) is 6.07 Å². The van der Waals surface area contributed by atoms with Gasteiger partial charge in [0, 0.05) is 12.6 Å². The van der Waals surface area contributed by atoms with Crippen molar-refractivity contribution in [2.45, 2.75) is 23.8 Å². The van der Waals surface area contributed by atoms with Gasteiger partial charge in [-0.3, -0.25) is 0 Å². The predicted molar refractivity (Wildman–Crippen MR) is 93.9 cm³/mol. The van der Waals surface area contributed by atoms with Gasteiger partial charge in [-0.05, 0) is 25.0 Å². The second-order valence-corrected chi connectivity index (χ2v) is 7.88. The van der Waals surface area contributed by atoms with Crippen LogP contribution in [0.5, 0.6) is 17.5 Å². The largest absolute Gasteiger partial charge is 0.493 e. The van der Waals surface area contributed by atoms with Crippen LogP contribution in [0.25, 0.3) is 0 Å². The number of hydrogen-bond acceptors (Lipinski definition) is 7. The van der Waals surface area contributed by atoms with Gasteiger partial charge in [-0.2, -0.15) is 4.31 Å². The van der Waals surface area contributed by atoms with Gasteiger partial charge in [0.05, 0.1) is 38.1 Å². The van der Waals surface area contributed by atoms with Crippen molar-refractivity contribution in [2.24, 2.45) is 0 Å². The van der Waals surface area contributed by atoms with Crippen LogP contribution in [0.1, 0.15) is 12.8 Å². The lowest BCUT2D eigenvalue weighted by molar-refractivity contribution is 0.119.